The second kappa shape index (κ2) is 7.13. The Morgan fingerprint density at radius 1 is 1.27 bits per heavy atom. The molecular formula is C18H16Cl2FN3O2. The molecule has 1 unspecified atom stereocenters. The summed E-state index contributed by atoms with van der Waals surface area (Å²) in [5.41, 5.74) is 8.57. The molecule has 136 valence electrons. The van der Waals surface area contributed by atoms with Crippen molar-refractivity contribution in [2.45, 2.75) is 26.9 Å². The highest BCUT2D eigenvalue weighted by molar-refractivity contribution is 6.36. The first-order valence-corrected chi connectivity index (χ1v) is 8.54. The first-order chi connectivity index (χ1) is 12.3. The van der Waals surface area contributed by atoms with Gasteiger partial charge in [0, 0.05) is 27.9 Å². The third kappa shape index (κ3) is 3.34. The summed E-state index contributed by atoms with van der Waals surface area (Å²) in [5, 5.41) is 4.15. The lowest BCUT2D eigenvalue weighted by atomic mass is 10.1. The maximum absolute atomic E-state index is 13.8. The number of aryl methyl sites for hydroxylation is 2. The van der Waals surface area contributed by atoms with Crippen molar-refractivity contribution in [2.75, 3.05) is 5.73 Å². The molecule has 5 nitrogen and oxygen atoms in total. The summed E-state index contributed by atoms with van der Waals surface area (Å²) in [6, 6.07) is 4.36. The van der Waals surface area contributed by atoms with E-state index in [2.05, 4.69) is 10.1 Å². The molecule has 0 radical (unpaired) electrons. The van der Waals surface area contributed by atoms with Crippen LogP contribution in [0.25, 0.3) is 11.1 Å². The number of nitrogens with zero attached hydrogens (tertiary/aromatic N) is 2. The highest BCUT2D eigenvalue weighted by Gasteiger charge is 2.21. The largest absolute Gasteiger partial charge is 0.482 e. The van der Waals surface area contributed by atoms with Gasteiger partial charge in [-0.15, -0.1) is 0 Å². The van der Waals surface area contributed by atoms with Gasteiger partial charge in [0.25, 0.3) is 0 Å². The van der Waals surface area contributed by atoms with E-state index in [0.29, 0.717) is 22.1 Å². The fourth-order valence-corrected chi connectivity index (χ4v) is 3.42. The van der Waals surface area contributed by atoms with E-state index >= 15 is 0 Å². The Labute approximate surface area is 159 Å². The number of ether oxygens (including phenoxy) is 1. The molecule has 0 bridgehead atoms. The van der Waals surface area contributed by atoms with Crippen LogP contribution in [-0.2, 0) is 0 Å². The first kappa shape index (κ1) is 18.5. The Bertz CT molecular complexity index is 956. The molecule has 0 aliphatic heterocycles. The van der Waals surface area contributed by atoms with E-state index < -0.39 is 11.9 Å². The Balaban J connectivity index is 1.98. The van der Waals surface area contributed by atoms with Gasteiger partial charge in [-0.25, -0.2) is 9.37 Å². The number of pyridine rings is 1. The molecule has 1 atom stereocenters. The van der Waals surface area contributed by atoms with Crippen LogP contribution in [0.2, 0.25) is 10.0 Å². The van der Waals surface area contributed by atoms with Crippen LogP contribution in [0.15, 0.2) is 28.9 Å². The minimum Gasteiger partial charge on any atom is -0.482 e. The summed E-state index contributed by atoms with van der Waals surface area (Å²) in [5.74, 6) is 0.601. The van der Waals surface area contributed by atoms with Gasteiger partial charge in [-0.05, 0) is 39.0 Å². The molecule has 2 heterocycles. The molecule has 8 heteroatoms. The number of benzene rings is 1. The monoisotopic (exact) mass is 395 g/mol. The standard InChI is InChI=1S/C18H16Cl2FN3O2/c1-8-15(10(3)26-24-8)11-6-14(18(22)23-7-11)25-9(2)16-12(19)4-5-13(21)17(16)20/h4-7,9H,1-3H3,(H2,22,23). The van der Waals surface area contributed by atoms with Crippen LogP contribution in [0.5, 0.6) is 5.75 Å². The molecule has 0 aliphatic rings. The van der Waals surface area contributed by atoms with Crippen molar-refractivity contribution in [3.05, 3.63) is 57.3 Å². The van der Waals surface area contributed by atoms with Crippen LogP contribution in [0, 0.1) is 19.7 Å². The fourth-order valence-electron chi connectivity index (χ4n) is 2.75. The van der Waals surface area contributed by atoms with E-state index in [0.717, 1.165) is 16.8 Å². The number of rotatable bonds is 4. The van der Waals surface area contributed by atoms with E-state index in [1.165, 1.54) is 12.1 Å². The summed E-state index contributed by atoms with van der Waals surface area (Å²) < 4.78 is 24.9. The third-order valence-corrected chi connectivity index (χ3v) is 4.71. The fraction of sp³-hybridized carbons (Fsp3) is 0.222. The van der Waals surface area contributed by atoms with Crippen LogP contribution < -0.4 is 10.5 Å². The smallest absolute Gasteiger partial charge is 0.166 e. The number of halogens is 3. The minimum atomic E-state index is -0.644. The number of hydrogen-bond acceptors (Lipinski definition) is 5. The maximum Gasteiger partial charge on any atom is 0.166 e. The van der Waals surface area contributed by atoms with Crippen LogP contribution in [0.1, 0.15) is 30.0 Å². The first-order valence-electron chi connectivity index (χ1n) is 7.78. The van der Waals surface area contributed by atoms with Gasteiger partial charge in [0.1, 0.15) is 17.7 Å². The van der Waals surface area contributed by atoms with Crippen molar-refractivity contribution < 1.29 is 13.7 Å². The lowest BCUT2D eigenvalue weighted by Gasteiger charge is -2.19. The van der Waals surface area contributed by atoms with Crippen molar-refractivity contribution in [1.29, 1.82) is 0 Å². The molecule has 0 spiro atoms. The molecule has 2 aromatic heterocycles. The van der Waals surface area contributed by atoms with E-state index in [9.17, 15) is 4.39 Å². The molecular weight excluding hydrogens is 380 g/mol. The molecule has 0 saturated heterocycles. The Hall–Kier alpha value is -2.31. The molecule has 0 aliphatic carbocycles. The van der Waals surface area contributed by atoms with Gasteiger partial charge in [0.2, 0.25) is 0 Å². The van der Waals surface area contributed by atoms with Crippen molar-refractivity contribution in [3.63, 3.8) is 0 Å². The Morgan fingerprint density at radius 3 is 2.65 bits per heavy atom. The number of anilines is 1. The number of aromatic nitrogens is 2. The zero-order valence-corrected chi connectivity index (χ0v) is 15.8. The van der Waals surface area contributed by atoms with Gasteiger partial charge in [0.15, 0.2) is 11.6 Å². The topological polar surface area (TPSA) is 74.2 Å². The lowest BCUT2D eigenvalue weighted by Crippen LogP contribution is -2.08. The molecule has 0 amide bonds. The van der Waals surface area contributed by atoms with Crippen LogP contribution in [0.3, 0.4) is 0 Å². The average molecular weight is 396 g/mol. The van der Waals surface area contributed by atoms with Gasteiger partial charge in [-0.1, -0.05) is 28.4 Å². The van der Waals surface area contributed by atoms with Crippen molar-refractivity contribution in [2.24, 2.45) is 0 Å². The summed E-state index contributed by atoms with van der Waals surface area (Å²) >= 11 is 12.2. The third-order valence-electron chi connectivity index (χ3n) is 3.99. The van der Waals surface area contributed by atoms with Gasteiger partial charge in [-0.2, -0.15) is 0 Å². The summed E-state index contributed by atoms with van der Waals surface area (Å²) in [7, 11) is 0. The normalized spacial score (nSPS) is 12.2. The highest BCUT2D eigenvalue weighted by atomic mass is 35.5. The van der Waals surface area contributed by atoms with E-state index in [1.54, 1.807) is 26.1 Å². The van der Waals surface area contributed by atoms with E-state index in [4.69, 9.17) is 38.2 Å². The maximum atomic E-state index is 13.8. The van der Waals surface area contributed by atoms with Gasteiger partial charge in [0.05, 0.1) is 10.7 Å². The number of hydrogen-bond donors (Lipinski definition) is 1. The summed E-state index contributed by atoms with van der Waals surface area (Å²) in [4.78, 5) is 4.17. The van der Waals surface area contributed by atoms with Crippen molar-refractivity contribution >= 4 is 29.0 Å². The van der Waals surface area contributed by atoms with Gasteiger partial charge < -0.3 is 15.0 Å². The quantitative estimate of drug-likeness (QED) is 0.588. The van der Waals surface area contributed by atoms with Crippen LogP contribution in [0.4, 0.5) is 10.2 Å². The van der Waals surface area contributed by atoms with Gasteiger partial charge in [-0.3, -0.25) is 0 Å². The molecule has 3 aromatic rings. The van der Waals surface area contributed by atoms with Crippen LogP contribution in [-0.4, -0.2) is 10.1 Å². The SMILES string of the molecule is Cc1noc(C)c1-c1cnc(N)c(OC(C)c2c(Cl)ccc(F)c2Cl)c1. The van der Waals surface area contributed by atoms with Crippen LogP contribution >= 0.6 is 23.2 Å². The second-order valence-electron chi connectivity index (χ2n) is 5.82. The molecule has 0 saturated carbocycles. The number of nitrogen functional groups attached to an aromatic ring is 1. The van der Waals surface area contributed by atoms with Crippen molar-refractivity contribution in [1.82, 2.24) is 10.1 Å². The lowest BCUT2D eigenvalue weighted by molar-refractivity contribution is 0.227. The summed E-state index contributed by atoms with van der Waals surface area (Å²) in [6.07, 6.45) is 0.969. The predicted octanol–water partition coefficient (Wildman–Crippen LogP) is 5.52. The zero-order chi connectivity index (χ0) is 19.0. The summed E-state index contributed by atoms with van der Waals surface area (Å²) in [6.45, 7) is 5.34. The Morgan fingerprint density at radius 2 is 2.00 bits per heavy atom. The zero-order valence-electron chi connectivity index (χ0n) is 14.3. The second-order valence-corrected chi connectivity index (χ2v) is 6.61. The van der Waals surface area contributed by atoms with Gasteiger partial charge >= 0.3 is 0 Å². The molecule has 3 rings (SSSR count). The predicted molar refractivity (Wildman–Crippen MR) is 99.1 cm³/mol. The van der Waals surface area contributed by atoms with Crippen molar-refractivity contribution in [3.8, 4) is 16.9 Å². The van der Waals surface area contributed by atoms with E-state index in [1.807, 2.05) is 6.92 Å². The number of nitrogens with two attached hydrogens (primary N) is 1. The molecule has 2 N–H and O–H groups in total. The average Bonchev–Trinajstić information content (AvgIpc) is 2.92. The van der Waals surface area contributed by atoms with E-state index in [-0.39, 0.29) is 10.8 Å². The minimum absolute atomic E-state index is 0.0848. The highest BCUT2D eigenvalue weighted by Crippen LogP contribution is 2.37. The molecule has 0 fully saturated rings. The Kier molecular flexibility index (Phi) is 5.07. The molecule has 1 aromatic carbocycles. The molecule has 26 heavy (non-hydrogen) atoms.